The monoisotopic (exact) mass is 758 g/mol. The molecule has 0 aliphatic rings. The van der Waals surface area contributed by atoms with Crippen LogP contribution in [0.3, 0.4) is 0 Å². The molecule has 0 heterocycles. The lowest BCUT2D eigenvalue weighted by Crippen LogP contribution is -2.60. The molecule has 0 aromatic rings. The second-order valence-electron chi connectivity index (χ2n) is 9.07. The van der Waals surface area contributed by atoms with Crippen LogP contribution < -0.4 is 21.3 Å². The van der Waals surface area contributed by atoms with Crippen LogP contribution in [0.5, 0.6) is 0 Å². The maximum atomic E-state index is 12.6. The largest absolute Gasteiger partial charge is 0.353 e. The second kappa shape index (κ2) is 11.2. The molecule has 0 aromatic heterocycles. The molecule has 0 bridgehead atoms. The van der Waals surface area contributed by atoms with E-state index >= 15 is 0 Å². The van der Waals surface area contributed by atoms with Gasteiger partial charge in [0.2, 0.25) is 19.9 Å². The Labute approximate surface area is 226 Å². The predicted octanol–water partition coefficient (Wildman–Crippen LogP) is 1.95. The number of alkyl halides is 5. The van der Waals surface area contributed by atoms with Gasteiger partial charge in [0.25, 0.3) is 5.91 Å². The summed E-state index contributed by atoms with van der Waals surface area (Å²) >= 11 is 15.7. The van der Waals surface area contributed by atoms with Crippen LogP contribution in [0, 0.1) is 5.41 Å². The van der Waals surface area contributed by atoms with Gasteiger partial charge in [0, 0.05) is 13.1 Å². The van der Waals surface area contributed by atoms with Crippen molar-refractivity contribution in [3.05, 3.63) is 0 Å². The van der Waals surface area contributed by atoms with Gasteiger partial charge < -0.3 is 21.3 Å². The maximum absolute atomic E-state index is 12.6. The highest BCUT2D eigenvalue weighted by molar-refractivity contribution is 9.40. The smallest absolute Gasteiger partial charge is 0.259 e. The van der Waals surface area contributed by atoms with Gasteiger partial charge in [0.1, 0.15) is 22.1 Å². The van der Waals surface area contributed by atoms with Crippen molar-refractivity contribution in [2.75, 3.05) is 13.1 Å². The van der Waals surface area contributed by atoms with Crippen LogP contribution >= 0.6 is 79.6 Å². The Morgan fingerprint density at radius 3 is 1.26 bits per heavy atom. The molecule has 0 saturated heterocycles. The van der Waals surface area contributed by atoms with Crippen molar-refractivity contribution < 1.29 is 19.2 Å². The molecule has 0 aromatic carbocycles. The van der Waals surface area contributed by atoms with Crippen molar-refractivity contribution in [2.45, 2.75) is 57.9 Å². The van der Waals surface area contributed by atoms with Crippen molar-refractivity contribution in [1.29, 1.82) is 0 Å². The quantitative estimate of drug-likeness (QED) is 0.213. The fraction of sp³-hybridized carbons (Fsp3) is 0.765. The van der Waals surface area contributed by atoms with Gasteiger partial charge in [-0.05, 0) is 80.9 Å². The molecule has 0 atom stereocenters. The van der Waals surface area contributed by atoms with Crippen LogP contribution in [0.4, 0.5) is 0 Å². The van der Waals surface area contributed by atoms with Crippen LogP contribution in [-0.4, -0.2) is 60.9 Å². The number of hydrogen-bond donors (Lipinski definition) is 4. The molecular weight excluding hydrogens is 735 g/mol. The van der Waals surface area contributed by atoms with Crippen LogP contribution in [0.25, 0.3) is 0 Å². The van der Waals surface area contributed by atoms with Crippen LogP contribution in [0.15, 0.2) is 0 Å². The van der Waals surface area contributed by atoms with Gasteiger partial charge in [-0.15, -0.1) is 0 Å². The number of carbonyl (C=O) groups excluding carboxylic acids is 4. The third-order valence-electron chi connectivity index (χ3n) is 4.10. The number of halogens is 5. The zero-order valence-electron chi connectivity index (χ0n) is 18.4. The van der Waals surface area contributed by atoms with Gasteiger partial charge in [-0.3, -0.25) is 19.2 Å². The summed E-state index contributed by atoms with van der Waals surface area (Å²) in [5.74, 6) is -1.59. The average molecular weight is 763 g/mol. The predicted molar refractivity (Wildman–Crippen MR) is 143 cm³/mol. The molecule has 14 heteroatoms. The molecule has 4 amide bonds. The summed E-state index contributed by atoms with van der Waals surface area (Å²) in [7, 11) is 1.61. The number of nitrogens with one attached hydrogen (secondary N) is 4. The third kappa shape index (κ3) is 11.4. The lowest BCUT2D eigenvalue weighted by Gasteiger charge is -2.32. The minimum Gasteiger partial charge on any atom is -0.353 e. The van der Waals surface area contributed by atoms with Gasteiger partial charge in [-0.25, -0.2) is 0 Å². The number of carbonyl (C=O) groups is 4. The van der Waals surface area contributed by atoms with E-state index < -0.39 is 27.7 Å². The highest BCUT2D eigenvalue weighted by Crippen LogP contribution is 2.34. The summed E-state index contributed by atoms with van der Waals surface area (Å²) in [5.41, 5.74) is -2.80. The molecule has 0 saturated carbocycles. The molecular formula is C17H28BBr5N4O4. The first-order chi connectivity index (χ1) is 13.5. The molecule has 0 rings (SSSR count). The molecule has 178 valence electrons. The van der Waals surface area contributed by atoms with Crippen LogP contribution in [-0.2, 0) is 19.2 Å². The van der Waals surface area contributed by atoms with Crippen molar-refractivity contribution >= 4 is 111 Å². The van der Waals surface area contributed by atoms with Gasteiger partial charge in [0.05, 0.1) is 0 Å². The van der Waals surface area contributed by atoms with E-state index in [4.69, 9.17) is 0 Å². The highest BCUT2D eigenvalue weighted by atomic mass is 80.0. The summed E-state index contributed by atoms with van der Waals surface area (Å²) in [6, 6.07) is 0. The van der Waals surface area contributed by atoms with E-state index in [9.17, 15) is 19.2 Å². The Morgan fingerprint density at radius 2 is 0.968 bits per heavy atom. The summed E-state index contributed by atoms with van der Waals surface area (Å²) in [4.78, 5) is 49.4. The van der Waals surface area contributed by atoms with Gasteiger partial charge >= 0.3 is 0 Å². The van der Waals surface area contributed by atoms with E-state index in [0.29, 0.717) is 0 Å². The van der Waals surface area contributed by atoms with E-state index in [1.165, 1.54) is 0 Å². The normalized spacial score (nSPS) is 13.3. The Bertz CT molecular complexity index is 660. The van der Waals surface area contributed by atoms with Gasteiger partial charge in [-0.2, -0.15) is 0 Å². The van der Waals surface area contributed by atoms with Crippen molar-refractivity contribution in [1.82, 2.24) is 21.3 Å². The minimum absolute atomic E-state index is 0.251. The van der Waals surface area contributed by atoms with Crippen molar-refractivity contribution in [2.24, 2.45) is 5.41 Å². The summed E-state index contributed by atoms with van der Waals surface area (Å²) in [6.45, 7) is 10.6. The molecule has 0 aliphatic carbocycles. The maximum Gasteiger partial charge on any atom is 0.259 e. The molecule has 31 heavy (non-hydrogen) atoms. The van der Waals surface area contributed by atoms with E-state index in [1.54, 1.807) is 35.5 Å². The molecule has 0 aliphatic heterocycles. The summed E-state index contributed by atoms with van der Waals surface area (Å²) in [6.07, 6.45) is 0. The number of hydrogen-bond acceptors (Lipinski definition) is 4. The Balaban J connectivity index is 4.84. The molecule has 4 N–H and O–H groups in total. The van der Waals surface area contributed by atoms with Gasteiger partial charge in [-0.1, -0.05) is 45.7 Å². The minimum atomic E-state index is -1.17. The Kier molecular flexibility index (Phi) is 11.3. The van der Waals surface area contributed by atoms with E-state index in [2.05, 4.69) is 101 Å². The third-order valence-corrected chi connectivity index (χ3v) is 5.90. The second-order valence-corrected chi connectivity index (χ2v) is 20.1. The Morgan fingerprint density at radius 1 is 0.645 bits per heavy atom. The molecule has 0 unspecified atom stereocenters. The summed E-state index contributed by atoms with van der Waals surface area (Å²) < 4.78 is -2.15. The Hall–Kier alpha value is 0.345. The average Bonchev–Trinajstić information content (AvgIpc) is 2.55. The topological polar surface area (TPSA) is 116 Å². The van der Waals surface area contributed by atoms with E-state index in [0.717, 1.165) is 0 Å². The molecule has 0 spiro atoms. The fourth-order valence-corrected chi connectivity index (χ4v) is 2.50. The first kappa shape index (κ1) is 31.3. The van der Waals surface area contributed by atoms with Crippen molar-refractivity contribution in [3.8, 4) is 0 Å². The molecule has 0 radical (unpaired) electrons. The lowest BCUT2D eigenvalue weighted by atomic mass is 9.92. The van der Waals surface area contributed by atoms with E-state index in [1.807, 2.05) is 13.8 Å². The lowest BCUT2D eigenvalue weighted by molar-refractivity contribution is -0.132. The van der Waals surface area contributed by atoms with Crippen LogP contribution in [0.2, 0.25) is 0 Å². The zero-order chi connectivity index (χ0) is 25.1. The summed E-state index contributed by atoms with van der Waals surface area (Å²) in [5, 5.41) is 10.9. The first-order valence-electron chi connectivity index (χ1n) is 9.18. The molecule has 8 nitrogen and oxygen atoms in total. The van der Waals surface area contributed by atoms with Gasteiger partial charge in [0.15, 0.2) is 0 Å². The SMILES string of the molecule is BC(Br)(Br)C(=O)NC(C)(C)C(=O)NCC(C)(C)CNC(=O)C(C)(C)NC(=O)C(Br)(Br)Br. The first-order valence-corrected chi connectivity index (χ1v) is 13.1. The highest BCUT2D eigenvalue weighted by Gasteiger charge is 2.38. The van der Waals surface area contributed by atoms with Crippen molar-refractivity contribution in [3.63, 3.8) is 0 Å². The molecule has 0 fully saturated rings. The zero-order valence-corrected chi connectivity index (χ0v) is 26.4. The number of rotatable bonds is 9. The fourth-order valence-electron chi connectivity index (χ4n) is 2.01. The standard InChI is InChI=1S/C17H28BBr5N4O4/c1-13(2,7-24-9(28)14(3,4)26-11(30)16(18,19)20)8-25-10(29)15(5,6)27-12(31)17(21,22)23/h7-8,18H2,1-6H3,(H,24,28)(H,25,29)(H,26,30)(H,27,31). The van der Waals surface area contributed by atoms with Crippen LogP contribution in [0.1, 0.15) is 41.5 Å². The number of amides is 4. The van der Waals surface area contributed by atoms with E-state index in [-0.39, 0.29) is 30.8 Å².